The average molecular weight is 656 g/mol. The number of nitrogens with one attached hydrogen (secondary N) is 1. The van der Waals surface area contributed by atoms with Gasteiger partial charge in [-0.1, -0.05) is 11.6 Å². The Hall–Kier alpha value is -3.16. The summed E-state index contributed by atoms with van der Waals surface area (Å²) in [7, 11) is -1.96. The minimum atomic E-state index is -3.25. The molecule has 13 heteroatoms. The molecular weight excluding hydrogens is 614 g/mol. The largest absolute Gasteiger partial charge is 0.493 e. The summed E-state index contributed by atoms with van der Waals surface area (Å²) in [6.45, 7) is 0.936. The van der Waals surface area contributed by atoms with Crippen molar-refractivity contribution in [3.63, 3.8) is 0 Å². The van der Waals surface area contributed by atoms with Crippen LogP contribution in [0.4, 0.5) is 17.6 Å². The number of amides is 1. The lowest BCUT2D eigenvalue weighted by atomic mass is 9.86. The van der Waals surface area contributed by atoms with Crippen LogP contribution in [0.15, 0.2) is 42.0 Å². The van der Waals surface area contributed by atoms with Crippen LogP contribution in [0.5, 0.6) is 11.5 Å². The zero-order chi connectivity index (χ0) is 32.7. The standard InChI is InChI=1S/C32H41F4N3O5S/c1-21(15-23-8-10-25(33)17-28(23)34)18-39(31(40)24-9-13-29(44-32(35)36)30(16-24)43-2)20-27-5-4-14-38(27)19-22-6-11-26(12-7-22)37-45(3,41)42/h8-10,13,15-17,22,26-27,32,37H,4-7,11-12,14,18-20H2,1-3H3/b21-15+/t22-,26+,27-/m0/s1. The van der Waals surface area contributed by atoms with Gasteiger partial charge in [0, 0.05) is 48.9 Å². The maximum absolute atomic E-state index is 14.4. The molecule has 0 spiro atoms. The lowest BCUT2D eigenvalue weighted by molar-refractivity contribution is -0.0512. The number of methoxy groups -OCH3 is 1. The van der Waals surface area contributed by atoms with E-state index in [0.717, 1.165) is 57.7 Å². The van der Waals surface area contributed by atoms with Crippen molar-refractivity contribution in [3.8, 4) is 11.5 Å². The number of carbonyl (C=O) groups excluding carboxylic acids is 1. The third-order valence-corrected chi connectivity index (χ3v) is 9.13. The Morgan fingerprint density at radius 3 is 2.47 bits per heavy atom. The highest BCUT2D eigenvalue weighted by Gasteiger charge is 2.32. The molecule has 1 saturated carbocycles. The van der Waals surface area contributed by atoms with Crippen LogP contribution in [0, 0.1) is 17.6 Å². The quantitative estimate of drug-likeness (QED) is 0.279. The molecule has 8 nitrogen and oxygen atoms in total. The molecule has 4 rings (SSSR count). The Bertz CT molecular complexity index is 1460. The molecule has 2 aromatic carbocycles. The smallest absolute Gasteiger partial charge is 0.387 e. The second-order valence-corrected chi connectivity index (χ2v) is 13.8. The van der Waals surface area contributed by atoms with Crippen LogP contribution in [-0.4, -0.2) is 82.4 Å². The van der Waals surface area contributed by atoms with Crippen molar-refractivity contribution in [2.24, 2.45) is 5.92 Å². The summed E-state index contributed by atoms with van der Waals surface area (Å²) in [4.78, 5) is 18.0. The van der Waals surface area contributed by atoms with E-state index in [4.69, 9.17) is 4.74 Å². The first-order chi connectivity index (χ1) is 21.3. The van der Waals surface area contributed by atoms with Gasteiger partial charge in [0.15, 0.2) is 11.5 Å². The third-order valence-electron chi connectivity index (χ3n) is 8.37. The molecule has 1 heterocycles. The number of benzene rings is 2. The molecule has 45 heavy (non-hydrogen) atoms. The minimum Gasteiger partial charge on any atom is -0.493 e. The van der Waals surface area contributed by atoms with Crippen molar-refractivity contribution < 1.29 is 40.2 Å². The number of sulfonamides is 1. The number of hydrogen-bond donors (Lipinski definition) is 1. The van der Waals surface area contributed by atoms with Crippen LogP contribution in [0.2, 0.25) is 0 Å². The van der Waals surface area contributed by atoms with Crippen molar-refractivity contribution in [2.45, 2.75) is 64.1 Å². The first kappa shape index (κ1) is 34.7. The van der Waals surface area contributed by atoms with Crippen molar-refractivity contribution in [1.29, 1.82) is 0 Å². The minimum absolute atomic E-state index is 0.00907. The van der Waals surface area contributed by atoms with Crippen molar-refractivity contribution in [2.75, 3.05) is 39.5 Å². The van der Waals surface area contributed by atoms with E-state index in [-0.39, 0.29) is 47.2 Å². The number of nitrogens with zero attached hydrogens (tertiary/aromatic N) is 2. The van der Waals surface area contributed by atoms with Crippen LogP contribution >= 0.6 is 0 Å². The number of carbonyl (C=O) groups is 1. The number of hydrogen-bond acceptors (Lipinski definition) is 6. The summed E-state index contributed by atoms with van der Waals surface area (Å²) in [5.41, 5.74) is 1.08. The van der Waals surface area contributed by atoms with Crippen LogP contribution in [0.25, 0.3) is 6.08 Å². The molecule has 2 aliphatic rings. The topological polar surface area (TPSA) is 88.2 Å². The lowest BCUT2D eigenvalue weighted by Crippen LogP contribution is -2.46. The molecule has 1 N–H and O–H groups in total. The Morgan fingerprint density at radius 1 is 1.09 bits per heavy atom. The molecule has 1 amide bonds. The first-order valence-corrected chi connectivity index (χ1v) is 17.0. The van der Waals surface area contributed by atoms with E-state index in [0.29, 0.717) is 18.0 Å². The van der Waals surface area contributed by atoms with E-state index >= 15 is 0 Å². The Balaban J connectivity index is 1.52. The molecule has 1 aliphatic heterocycles. The van der Waals surface area contributed by atoms with Crippen molar-refractivity contribution in [1.82, 2.24) is 14.5 Å². The van der Waals surface area contributed by atoms with Gasteiger partial charge in [-0.2, -0.15) is 8.78 Å². The van der Waals surface area contributed by atoms with Gasteiger partial charge in [0.1, 0.15) is 11.6 Å². The van der Waals surface area contributed by atoms with E-state index in [2.05, 4.69) is 14.4 Å². The summed E-state index contributed by atoms with van der Waals surface area (Å²) in [5.74, 6) is -1.55. The number of ether oxygens (including phenoxy) is 2. The maximum Gasteiger partial charge on any atom is 0.387 e. The first-order valence-electron chi connectivity index (χ1n) is 15.1. The number of likely N-dealkylation sites (tertiary alicyclic amines) is 1. The third kappa shape index (κ3) is 10.2. The molecule has 1 saturated heterocycles. The molecular formula is C32H41F4N3O5S. The molecule has 1 aliphatic carbocycles. The molecule has 0 radical (unpaired) electrons. The lowest BCUT2D eigenvalue weighted by Gasteiger charge is -2.35. The highest BCUT2D eigenvalue weighted by atomic mass is 32.2. The second kappa shape index (κ2) is 15.4. The van der Waals surface area contributed by atoms with Gasteiger partial charge in [0.05, 0.1) is 13.4 Å². The van der Waals surface area contributed by atoms with Gasteiger partial charge in [-0.25, -0.2) is 21.9 Å². The summed E-state index contributed by atoms with van der Waals surface area (Å²) < 4.78 is 89.3. The molecule has 248 valence electrons. The van der Waals surface area contributed by atoms with Crippen LogP contribution in [-0.2, 0) is 10.0 Å². The van der Waals surface area contributed by atoms with Gasteiger partial charge < -0.3 is 14.4 Å². The van der Waals surface area contributed by atoms with E-state index in [9.17, 15) is 30.8 Å². The molecule has 2 aromatic rings. The van der Waals surface area contributed by atoms with Gasteiger partial charge >= 0.3 is 6.61 Å². The molecule has 2 fully saturated rings. The van der Waals surface area contributed by atoms with E-state index < -0.39 is 28.3 Å². The zero-order valence-electron chi connectivity index (χ0n) is 25.8. The van der Waals surface area contributed by atoms with Gasteiger partial charge in [0.25, 0.3) is 5.91 Å². The second-order valence-electron chi connectivity index (χ2n) is 12.0. The Kier molecular flexibility index (Phi) is 11.9. The summed E-state index contributed by atoms with van der Waals surface area (Å²) >= 11 is 0. The zero-order valence-corrected chi connectivity index (χ0v) is 26.6. The normalized spacial score (nSPS) is 21.2. The highest BCUT2D eigenvalue weighted by Crippen LogP contribution is 2.32. The number of alkyl halides is 2. The molecule has 0 aromatic heterocycles. The van der Waals surface area contributed by atoms with E-state index in [1.807, 2.05) is 0 Å². The Morgan fingerprint density at radius 2 is 1.82 bits per heavy atom. The molecule has 0 bridgehead atoms. The number of rotatable bonds is 13. The van der Waals surface area contributed by atoms with Gasteiger partial charge in [-0.05, 0) is 88.2 Å². The monoisotopic (exact) mass is 655 g/mol. The van der Waals surface area contributed by atoms with Crippen molar-refractivity contribution in [3.05, 3.63) is 64.7 Å². The van der Waals surface area contributed by atoms with Crippen molar-refractivity contribution >= 4 is 22.0 Å². The van der Waals surface area contributed by atoms with Gasteiger partial charge in [-0.15, -0.1) is 0 Å². The average Bonchev–Trinajstić information content (AvgIpc) is 3.40. The predicted octanol–water partition coefficient (Wildman–Crippen LogP) is 5.69. The van der Waals surface area contributed by atoms with Gasteiger partial charge in [0.2, 0.25) is 10.0 Å². The van der Waals surface area contributed by atoms with Gasteiger partial charge in [-0.3, -0.25) is 9.69 Å². The summed E-state index contributed by atoms with van der Waals surface area (Å²) in [6.07, 6.45) is 7.93. The fourth-order valence-electron chi connectivity index (χ4n) is 6.32. The number of halogens is 4. The van der Waals surface area contributed by atoms with Crippen LogP contribution < -0.4 is 14.2 Å². The SMILES string of the molecule is COc1cc(C(=O)N(C/C(C)=C/c2ccc(F)cc2F)C[C@@H]2CCCN2C[C@H]2CC[C@@H](NS(C)(=O)=O)CC2)ccc1OC(F)F. The summed E-state index contributed by atoms with van der Waals surface area (Å²) in [6, 6.07) is 7.36. The Labute approximate surface area is 262 Å². The van der Waals surface area contributed by atoms with Crippen LogP contribution in [0.1, 0.15) is 61.4 Å². The highest BCUT2D eigenvalue weighted by molar-refractivity contribution is 7.88. The fraction of sp³-hybridized carbons (Fsp3) is 0.531. The summed E-state index contributed by atoms with van der Waals surface area (Å²) in [5, 5.41) is 0. The fourth-order valence-corrected chi connectivity index (χ4v) is 7.16. The van der Waals surface area contributed by atoms with E-state index in [1.54, 1.807) is 17.9 Å². The van der Waals surface area contributed by atoms with E-state index in [1.165, 1.54) is 43.7 Å². The molecule has 1 atom stereocenters. The maximum atomic E-state index is 14.4. The van der Waals surface area contributed by atoms with Crippen LogP contribution in [0.3, 0.4) is 0 Å². The predicted molar refractivity (Wildman–Crippen MR) is 164 cm³/mol. The molecule has 0 unspecified atom stereocenters.